The number of fused-ring (bicyclic) bond motifs is 1. The molecule has 13 heteroatoms. The lowest BCUT2D eigenvalue weighted by atomic mass is 10.2. The van der Waals surface area contributed by atoms with E-state index < -0.39 is 34.2 Å². The van der Waals surface area contributed by atoms with Crippen LogP contribution in [0.15, 0.2) is 47.6 Å². The van der Waals surface area contributed by atoms with Crippen molar-refractivity contribution in [2.45, 2.75) is 11.4 Å². The topological polar surface area (TPSA) is 102 Å². The van der Waals surface area contributed by atoms with Crippen LogP contribution in [0.1, 0.15) is 5.56 Å². The van der Waals surface area contributed by atoms with Gasteiger partial charge >= 0.3 is 6.03 Å². The highest BCUT2D eigenvalue weighted by atomic mass is 35.5. The van der Waals surface area contributed by atoms with Crippen LogP contribution in [0, 0.1) is 11.6 Å². The molecule has 3 heterocycles. The summed E-state index contributed by atoms with van der Waals surface area (Å²) in [7, 11) is -1.76. The van der Waals surface area contributed by atoms with E-state index in [1.165, 1.54) is 38.6 Å². The summed E-state index contributed by atoms with van der Waals surface area (Å²) in [5.74, 6) is -1.98. The summed E-state index contributed by atoms with van der Waals surface area (Å²) in [5.41, 5.74) is -0.365. The van der Waals surface area contributed by atoms with Crippen molar-refractivity contribution < 1.29 is 31.5 Å². The van der Waals surface area contributed by atoms with Crippen LogP contribution in [-0.2, 0) is 16.6 Å². The molecule has 0 N–H and O–H groups in total. The molecule has 172 valence electrons. The first kappa shape index (κ1) is 22.7. The standard InChI is InChI=1S/C20H15ClF2N4O5S/c1-31-16-8-12(9-25-19(16)32-2)27-20(28)26(10-13-14(21)6-11(22)7-15(13)23)18-17(33(27,29)30)4-3-5-24-18/h3-9H,10H2,1-2H3. The van der Waals surface area contributed by atoms with Gasteiger partial charge in [0.05, 0.1) is 37.7 Å². The molecule has 4 rings (SSSR count). The van der Waals surface area contributed by atoms with Crippen molar-refractivity contribution in [2.75, 3.05) is 23.4 Å². The van der Waals surface area contributed by atoms with Gasteiger partial charge in [0.1, 0.15) is 16.5 Å². The molecule has 33 heavy (non-hydrogen) atoms. The number of amides is 2. The number of anilines is 2. The molecule has 0 saturated heterocycles. The SMILES string of the molecule is COc1cc(N2C(=O)N(Cc3c(F)cc(F)cc3Cl)c3ncccc3S2(=O)=O)cnc1OC. The predicted octanol–water partition coefficient (Wildman–Crippen LogP) is 3.76. The Morgan fingerprint density at radius 1 is 1.12 bits per heavy atom. The highest BCUT2D eigenvalue weighted by Crippen LogP contribution is 2.39. The molecule has 0 bridgehead atoms. The molecule has 0 atom stereocenters. The van der Waals surface area contributed by atoms with Crippen LogP contribution >= 0.6 is 11.6 Å². The summed E-state index contributed by atoms with van der Waals surface area (Å²) in [4.78, 5) is 22.1. The fraction of sp³-hybridized carbons (Fsp3) is 0.150. The lowest BCUT2D eigenvalue weighted by Gasteiger charge is -2.35. The Morgan fingerprint density at radius 2 is 1.88 bits per heavy atom. The van der Waals surface area contributed by atoms with Crippen molar-refractivity contribution >= 4 is 39.2 Å². The number of aromatic nitrogens is 2. The number of nitrogens with zero attached hydrogens (tertiary/aromatic N) is 4. The van der Waals surface area contributed by atoms with E-state index in [-0.39, 0.29) is 38.6 Å². The maximum Gasteiger partial charge on any atom is 0.344 e. The second-order valence-electron chi connectivity index (χ2n) is 6.72. The van der Waals surface area contributed by atoms with Crippen molar-refractivity contribution in [1.82, 2.24) is 9.97 Å². The van der Waals surface area contributed by atoms with Crippen molar-refractivity contribution in [3.8, 4) is 11.6 Å². The zero-order valence-corrected chi connectivity index (χ0v) is 18.7. The summed E-state index contributed by atoms with van der Waals surface area (Å²) in [6.07, 6.45) is 2.40. The highest BCUT2D eigenvalue weighted by molar-refractivity contribution is 7.94. The molecule has 0 radical (unpaired) electrons. The van der Waals surface area contributed by atoms with Crippen LogP contribution < -0.4 is 18.7 Å². The Balaban J connectivity index is 1.89. The summed E-state index contributed by atoms with van der Waals surface area (Å²) < 4.78 is 65.3. The summed E-state index contributed by atoms with van der Waals surface area (Å²) in [6.45, 7) is -0.513. The average Bonchev–Trinajstić information content (AvgIpc) is 2.77. The van der Waals surface area contributed by atoms with Crippen LogP contribution in [0.4, 0.5) is 25.1 Å². The van der Waals surface area contributed by atoms with Crippen molar-refractivity contribution in [3.05, 3.63) is 64.9 Å². The molecule has 0 unspecified atom stereocenters. The first-order chi connectivity index (χ1) is 15.7. The van der Waals surface area contributed by atoms with Gasteiger partial charge in [0.25, 0.3) is 15.9 Å². The Bertz CT molecular complexity index is 1350. The Kier molecular flexibility index (Phi) is 5.80. The molecule has 0 aliphatic carbocycles. The van der Waals surface area contributed by atoms with E-state index in [0.717, 1.165) is 17.2 Å². The summed E-state index contributed by atoms with van der Waals surface area (Å²) >= 11 is 6.00. The van der Waals surface area contributed by atoms with Crippen LogP contribution in [0.5, 0.6) is 11.6 Å². The van der Waals surface area contributed by atoms with Gasteiger partial charge in [0.15, 0.2) is 11.6 Å². The fourth-order valence-corrected chi connectivity index (χ4v) is 5.07. The molecule has 1 aliphatic rings. The smallest absolute Gasteiger partial charge is 0.344 e. The average molecular weight is 497 g/mol. The minimum Gasteiger partial charge on any atom is -0.491 e. The summed E-state index contributed by atoms with van der Waals surface area (Å²) in [5, 5.41) is -0.273. The van der Waals surface area contributed by atoms with Gasteiger partial charge in [-0.15, -0.1) is 0 Å². The number of pyridine rings is 2. The van der Waals surface area contributed by atoms with E-state index in [4.69, 9.17) is 21.1 Å². The van der Waals surface area contributed by atoms with E-state index in [2.05, 4.69) is 9.97 Å². The zero-order valence-electron chi connectivity index (χ0n) is 17.1. The fourth-order valence-electron chi connectivity index (χ4n) is 3.29. The molecule has 3 aromatic rings. The van der Waals surface area contributed by atoms with E-state index >= 15 is 0 Å². The van der Waals surface area contributed by atoms with Crippen LogP contribution in [0.25, 0.3) is 0 Å². The maximum absolute atomic E-state index is 14.5. The van der Waals surface area contributed by atoms with Gasteiger partial charge in [-0.2, -0.15) is 4.31 Å². The second-order valence-corrected chi connectivity index (χ2v) is 8.88. The first-order valence-electron chi connectivity index (χ1n) is 9.22. The maximum atomic E-state index is 14.5. The molecule has 0 saturated carbocycles. The molecule has 2 amide bonds. The molecule has 0 fully saturated rings. The zero-order chi connectivity index (χ0) is 23.9. The number of sulfonamides is 1. The molecule has 9 nitrogen and oxygen atoms in total. The predicted molar refractivity (Wildman–Crippen MR) is 114 cm³/mol. The third-order valence-electron chi connectivity index (χ3n) is 4.80. The Morgan fingerprint density at radius 3 is 2.55 bits per heavy atom. The van der Waals surface area contributed by atoms with Crippen LogP contribution in [-0.4, -0.2) is 38.6 Å². The monoisotopic (exact) mass is 496 g/mol. The van der Waals surface area contributed by atoms with Gasteiger partial charge < -0.3 is 9.47 Å². The van der Waals surface area contributed by atoms with Gasteiger partial charge in [-0.3, -0.25) is 4.90 Å². The van der Waals surface area contributed by atoms with Crippen LogP contribution in [0.2, 0.25) is 5.02 Å². The number of methoxy groups -OCH3 is 2. The van der Waals surface area contributed by atoms with Crippen molar-refractivity contribution in [2.24, 2.45) is 0 Å². The normalized spacial score (nSPS) is 14.8. The molecule has 2 aromatic heterocycles. The number of hydrogen-bond acceptors (Lipinski definition) is 7. The Hall–Kier alpha value is -3.51. The van der Waals surface area contributed by atoms with Crippen molar-refractivity contribution in [1.29, 1.82) is 0 Å². The van der Waals surface area contributed by atoms with E-state index in [0.29, 0.717) is 10.4 Å². The molecule has 1 aliphatic heterocycles. The highest BCUT2D eigenvalue weighted by Gasteiger charge is 2.44. The van der Waals surface area contributed by atoms with Crippen molar-refractivity contribution in [3.63, 3.8) is 0 Å². The second kappa shape index (κ2) is 8.45. The van der Waals surface area contributed by atoms with Crippen LogP contribution in [0.3, 0.4) is 0 Å². The van der Waals surface area contributed by atoms with Gasteiger partial charge in [0, 0.05) is 23.9 Å². The number of rotatable bonds is 5. The number of carbonyl (C=O) groups is 1. The number of hydrogen-bond donors (Lipinski definition) is 0. The van der Waals surface area contributed by atoms with E-state index in [1.807, 2.05) is 0 Å². The van der Waals surface area contributed by atoms with E-state index in [1.54, 1.807) is 0 Å². The molecular weight excluding hydrogens is 482 g/mol. The third-order valence-corrected chi connectivity index (χ3v) is 6.86. The Labute approximate surface area is 192 Å². The molecule has 1 aromatic carbocycles. The van der Waals surface area contributed by atoms with Gasteiger partial charge in [-0.1, -0.05) is 11.6 Å². The lowest BCUT2D eigenvalue weighted by molar-refractivity contribution is 0.253. The quantitative estimate of drug-likeness (QED) is 0.530. The minimum absolute atomic E-state index is 0.0715. The third kappa shape index (κ3) is 3.80. The number of halogens is 3. The van der Waals surface area contributed by atoms with Gasteiger partial charge in [-0.05, 0) is 18.2 Å². The molecular formula is C20H15ClF2N4O5S. The first-order valence-corrected chi connectivity index (χ1v) is 11.0. The lowest BCUT2D eigenvalue weighted by Crippen LogP contribution is -2.51. The number of benzene rings is 1. The number of ether oxygens (including phenoxy) is 2. The number of carbonyl (C=O) groups excluding carboxylic acids is 1. The van der Waals surface area contributed by atoms with E-state index in [9.17, 15) is 22.0 Å². The molecule has 0 spiro atoms. The number of urea groups is 1. The van der Waals surface area contributed by atoms with Gasteiger partial charge in [-0.25, -0.2) is 32.0 Å². The minimum atomic E-state index is -4.43. The van der Waals surface area contributed by atoms with Gasteiger partial charge in [0.2, 0.25) is 0 Å². The summed E-state index contributed by atoms with van der Waals surface area (Å²) in [6, 6.07) is 4.31. The largest absolute Gasteiger partial charge is 0.491 e.